The molecule has 17 heavy (non-hydrogen) atoms. The molecule has 90 valence electrons. The van der Waals surface area contributed by atoms with Crippen LogP contribution in [0.4, 0.5) is 0 Å². The molecule has 2 aromatic rings. The Labute approximate surface area is 119 Å². The van der Waals surface area contributed by atoms with Gasteiger partial charge in [0.15, 0.2) is 0 Å². The molecule has 0 amide bonds. The van der Waals surface area contributed by atoms with E-state index in [-0.39, 0.29) is 6.04 Å². The van der Waals surface area contributed by atoms with Crippen LogP contribution in [-0.4, -0.2) is 16.6 Å². The van der Waals surface area contributed by atoms with Crippen LogP contribution in [0.15, 0.2) is 30.6 Å². The lowest BCUT2D eigenvalue weighted by Gasteiger charge is -2.18. The minimum atomic E-state index is 0.0561. The SMILES string of the molecule is CNC(c1cc(Cl)ccc1I)c1nccn1C. The van der Waals surface area contributed by atoms with Gasteiger partial charge < -0.3 is 9.88 Å². The topological polar surface area (TPSA) is 29.9 Å². The van der Waals surface area contributed by atoms with Gasteiger partial charge in [0.2, 0.25) is 0 Å². The highest BCUT2D eigenvalue weighted by Gasteiger charge is 2.18. The fourth-order valence-corrected chi connectivity index (χ4v) is 2.64. The Morgan fingerprint density at radius 3 is 2.82 bits per heavy atom. The number of nitrogens with one attached hydrogen (secondary N) is 1. The summed E-state index contributed by atoms with van der Waals surface area (Å²) in [7, 11) is 3.92. The zero-order valence-corrected chi connectivity index (χ0v) is 12.5. The van der Waals surface area contributed by atoms with Crippen LogP contribution in [0, 0.1) is 3.57 Å². The zero-order valence-electron chi connectivity index (χ0n) is 9.61. The number of nitrogens with zero attached hydrogens (tertiary/aromatic N) is 2. The van der Waals surface area contributed by atoms with Gasteiger partial charge in [0, 0.05) is 28.0 Å². The quantitative estimate of drug-likeness (QED) is 0.852. The van der Waals surface area contributed by atoms with E-state index in [1.165, 1.54) is 3.57 Å². The Balaban J connectivity index is 2.49. The molecule has 0 spiro atoms. The third-order valence-corrected chi connectivity index (χ3v) is 3.89. The molecule has 1 aromatic carbocycles. The van der Waals surface area contributed by atoms with Gasteiger partial charge in [-0.15, -0.1) is 0 Å². The lowest BCUT2D eigenvalue weighted by atomic mass is 10.1. The lowest BCUT2D eigenvalue weighted by Crippen LogP contribution is -2.22. The lowest BCUT2D eigenvalue weighted by molar-refractivity contribution is 0.615. The third kappa shape index (κ3) is 2.64. The molecule has 0 fully saturated rings. The van der Waals surface area contributed by atoms with Crippen LogP contribution >= 0.6 is 34.2 Å². The van der Waals surface area contributed by atoms with Crippen molar-refractivity contribution in [2.75, 3.05) is 7.05 Å². The zero-order chi connectivity index (χ0) is 12.4. The molecule has 0 saturated heterocycles. The maximum Gasteiger partial charge on any atom is 0.130 e. The highest BCUT2D eigenvalue weighted by molar-refractivity contribution is 14.1. The Hall–Kier alpha value is -0.590. The maximum absolute atomic E-state index is 6.06. The number of halogens is 2. The van der Waals surface area contributed by atoms with Crippen LogP contribution in [0.2, 0.25) is 5.02 Å². The molecule has 1 atom stereocenters. The first-order chi connectivity index (χ1) is 8.13. The van der Waals surface area contributed by atoms with E-state index in [1.54, 1.807) is 6.20 Å². The number of benzene rings is 1. The van der Waals surface area contributed by atoms with Gasteiger partial charge >= 0.3 is 0 Å². The van der Waals surface area contributed by atoms with Crippen molar-refractivity contribution in [1.82, 2.24) is 14.9 Å². The smallest absolute Gasteiger partial charge is 0.130 e. The third-order valence-electron chi connectivity index (χ3n) is 2.67. The summed E-state index contributed by atoms with van der Waals surface area (Å²) in [4.78, 5) is 4.39. The van der Waals surface area contributed by atoms with Gasteiger partial charge in [-0.25, -0.2) is 4.98 Å². The number of rotatable bonds is 3. The molecule has 1 unspecified atom stereocenters. The van der Waals surface area contributed by atoms with Crippen molar-refractivity contribution >= 4 is 34.2 Å². The monoisotopic (exact) mass is 361 g/mol. The summed E-state index contributed by atoms with van der Waals surface area (Å²) in [6, 6.07) is 5.96. The Morgan fingerprint density at radius 2 is 2.24 bits per heavy atom. The van der Waals surface area contributed by atoms with Crippen molar-refractivity contribution in [3.05, 3.63) is 50.6 Å². The second-order valence-corrected chi connectivity index (χ2v) is 5.38. The molecule has 1 N–H and O–H groups in total. The fraction of sp³-hybridized carbons (Fsp3) is 0.250. The van der Waals surface area contributed by atoms with Crippen molar-refractivity contribution in [1.29, 1.82) is 0 Å². The molecule has 3 nitrogen and oxygen atoms in total. The standard InChI is InChI=1S/C12H13ClIN3/c1-15-11(12-16-5-6-17(12)2)9-7-8(13)3-4-10(9)14/h3-7,11,15H,1-2H3. The number of imidazole rings is 1. The van der Waals surface area contributed by atoms with Gasteiger partial charge in [-0.1, -0.05) is 11.6 Å². The average Bonchev–Trinajstić information content (AvgIpc) is 2.71. The summed E-state index contributed by atoms with van der Waals surface area (Å²) < 4.78 is 3.19. The van der Waals surface area contributed by atoms with Gasteiger partial charge in [-0.05, 0) is 53.4 Å². The number of hydrogen-bond donors (Lipinski definition) is 1. The van der Waals surface area contributed by atoms with E-state index >= 15 is 0 Å². The largest absolute Gasteiger partial charge is 0.336 e. The first-order valence-corrected chi connectivity index (χ1v) is 6.68. The molecule has 2 rings (SSSR count). The van der Waals surface area contributed by atoms with Crippen molar-refractivity contribution in [2.45, 2.75) is 6.04 Å². The summed E-state index contributed by atoms with van der Waals surface area (Å²) in [6.07, 6.45) is 3.74. The summed E-state index contributed by atoms with van der Waals surface area (Å²) in [5.41, 5.74) is 1.15. The van der Waals surface area contributed by atoms with Gasteiger partial charge in [0.05, 0.1) is 6.04 Å². The first kappa shape index (κ1) is 12.9. The molecule has 0 aliphatic carbocycles. The average molecular weight is 362 g/mol. The van der Waals surface area contributed by atoms with E-state index in [1.807, 2.05) is 43.1 Å². The van der Waals surface area contributed by atoms with E-state index < -0.39 is 0 Å². The summed E-state index contributed by atoms with van der Waals surface area (Å²) in [6.45, 7) is 0. The Morgan fingerprint density at radius 1 is 1.47 bits per heavy atom. The maximum atomic E-state index is 6.06. The normalized spacial score (nSPS) is 12.7. The van der Waals surface area contributed by atoms with Crippen LogP contribution in [0.25, 0.3) is 0 Å². The van der Waals surface area contributed by atoms with Gasteiger partial charge in [0.25, 0.3) is 0 Å². The molecule has 0 bridgehead atoms. The predicted molar refractivity (Wildman–Crippen MR) is 78.3 cm³/mol. The van der Waals surface area contributed by atoms with E-state index in [2.05, 4.69) is 32.9 Å². The minimum Gasteiger partial charge on any atom is -0.336 e. The number of aryl methyl sites for hydroxylation is 1. The number of hydrogen-bond acceptors (Lipinski definition) is 2. The summed E-state index contributed by atoms with van der Waals surface area (Å²) in [5.74, 6) is 0.979. The van der Waals surface area contributed by atoms with Crippen LogP contribution < -0.4 is 5.32 Å². The summed E-state index contributed by atoms with van der Waals surface area (Å²) in [5, 5.41) is 4.03. The molecule has 0 radical (unpaired) electrons. The van der Waals surface area contributed by atoms with E-state index in [4.69, 9.17) is 11.6 Å². The van der Waals surface area contributed by atoms with Crippen molar-refractivity contribution in [2.24, 2.45) is 7.05 Å². The molecule has 1 aromatic heterocycles. The van der Waals surface area contributed by atoms with E-state index in [9.17, 15) is 0 Å². The molecule has 0 saturated carbocycles. The van der Waals surface area contributed by atoms with Crippen LogP contribution in [0.3, 0.4) is 0 Å². The van der Waals surface area contributed by atoms with Crippen LogP contribution in [-0.2, 0) is 7.05 Å². The second kappa shape index (κ2) is 5.37. The first-order valence-electron chi connectivity index (χ1n) is 5.23. The van der Waals surface area contributed by atoms with Crippen molar-refractivity contribution < 1.29 is 0 Å². The molecule has 1 heterocycles. The Bertz CT molecular complexity index is 524. The van der Waals surface area contributed by atoms with Crippen molar-refractivity contribution in [3.63, 3.8) is 0 Å². The molecule has 0 aliphatic heterocycles. The number of aromatic nitrogens is 2. The summed E-state index contributed by atoms with van der Waals surface area (Å²) >= 11 is 8.38. The highest BCUT2D eigenvalue weighted by atomic mass is 127. The second-order valence-electron chi connectivity index (χ2n) is 3.78. The molecular formula is C12H13ClIN3. The molecule has 0 aliphatic rings. The van der Waals surface area contributed by atoms with E-state index in [0.717, 1.165) is 16.4 Å². The predicted octanol–water partition coefficient (Wildman–Crippen LogP) is 2.99. The molecule has 5 heteroatoms. The highest BCUT2D eigenvalue weighted by Crippen LogP contribution is 2.27. The van der Waals surface area contributed by atoms with Crippen LogP contribution in [0.5, 0.6) is 0 Å². The van der Waals surface area contributed by atoms with Crippen LogP contribution in [0.1, 0.15) is 17.4 Å². The Kier molecular flexibility index (Phi) is 4.06. The van der Waals surface area contributed by atoms with Gasteiger partial charge in [0.1, 0.15) is 5.82 Å². The van der Waals surface area contributed by atoms with Gasteiger partial charge in [-0.2, -0.15) is 0 Å². The van der Waals surface area contributed by atoms with E-state index in [0.29, 0.717) is 0 Å². The fourth-order valence-electron chi connectivity index (χ4n) is 1.81. The van der Waals surface area contributed by atoms with Crippen molar-refractivity contribution in [3.8, 4) is 0 Å². The van der Waals surface area contributed by atoms with Gasteiger partial charge in [-0.3, -0.25) is 0 Å². The minimum absolute atomic E-state index is 0.0561. The molecular weight excluding hydrogens is 349 g/mol.